The van der Waals surface area contributed by atoms with Crippen LogP contribution in [0.2, 0.25) is 0 Å². The lowest BCUT2D eigenvalue weighted by molar-refractivity contribution is 1.06. The van der Waals surface area contributed by atoms with Gasteiger partial charge in [0.05, 0.1) is 14.8 Å². The van der Waals surface area contributed by atoms with E-state index in [0.29, 0.717) is 5.95 Å². The summed E-state index contributed by atoms with van der Waals surface area (Å²) in [7, 11) is 0. The van der Waals surface area contributed by atoms with Gasteiger partial charge in [0.15, 0.2) is 0 Å². The molecule has 0 aliphatic heterocycles. The highest BCUT2D eigenvalue weighted by molar-refractivity contribution is 9.11. The van der Waals surface area contributed by atoms with Crippen molar-refractivity contribution in [1.29, 1.82) is 0 Å². The number of rotatable bonds is 3. The Morgan fingerprint density at radius 3 is 2.53 bits per heavy atom. The molecule has 0 atom stereocenters. The molecule has 0 unspecified atom stereocenters. The van der Waals surface area contributed by atoms with Gasteiger partial charge in [-0.05, 0) is 44.0 Å². The maximum Gasteiger partial charge on any atom is 0.222 e. The first-order valence-electron chi connectivity index (χ1n) is 4.19. The van der Waals surface area contributed by atoms with Crippen molar-refractivity contribution in [1.82, 2.24) is 9.97 Å². The molecule has 0 aliphatic carbocycles. The van der Waals surface area contributed by atoms with Crippen molar-refractivity contribution in [2.75, 3.05) is 5.32 Å². The predicted molar refractivity (Wildman–Crippen MR) is 69.1 cm³/mol. The summed E-state index contributed by atoms with van der Waals surface area (Å²) in [6.07, 6.45) is 3.44. The summed E-state index contributed by atoms with van der Waals surface area (Å²) in [6, 6.07) is 4.10. The first-order chi connectivity index (χ1) is 7.24. The smallest absolute Gasteiger partial charge is 0.222 e. The van der Waals surface area contributed by atoms with Gasteiger partial charge in [0.25, 0.3) is 0 Å². The summed E-state index contributed by atoms with van der Waals surface area (Å²) in [6.45, 7) is 0.748. The minimum Gasteiger partial charge on any atom is -0.349 e. The second-order valence-corrected chi connectivity index (χ2v) is 6.25. The number of anilines is 1. The van der Waals surface area contributed by atoms with Crippen LogP contribution in [0.25, 0.3) is 0 Å². The Morgan fingerprint density at radius 1 is 1.20 bits per heavy atom. The number of thiophene rings is 1. The van der Waals surface area contributed by atoms with Gasteiger partial charge in [-0.15, -0.1) is 11.3 Å². The van der Waals surface area contributed by atoms with Gasteiger partial charge < -0.3 is 5.32 Å². The lowest BCUT2D eigenvalue weighted by Crippen LogP contribution is -2.01. The standard InChI is InChI=1S/C9H7Br2N3S/c10-6-3-12-9(13-4-6)14-5-7-1-2-8(11)15-7/h1-4H,5H2,(H,12,13,14). The lowest BCUT2D eigenvalue weighted by atomic mass is 10.5. The third kappa shape index (κ3) is 3.25. The van der Waals surface area contributed by atoms with Gasteiger partial charge >= 0.3 is 0 Å². The Hall–Kier alpha value is -0.460. The van der Waals surface area contributed by atoms with Crippen LogP contribution in [0.4, 0.5) is 5.95 Å². The fourth-order valence-corrected chi connectivity index (χ4v) is 2.64. The summed E-state index contributed by atoms with van der Waals surface area (Å²) < 4.78 is 2.02. The zero-order chi connectivity index (χ0) is 10.7. The van der Waals surface area contributed by atoms with Gasteiger partial charge in [-0.25, -0.2) is 9.97 Å². The maximum absolute atomic E-state index is 4.12. The zero-order valence-corrected chi connectivity index (χ0v) is 11.6. The topological polar surface area (TPSA) is 37.8 Å². The van der Waals surface area contributed by atoms with Crippen molar-refractivity contribution in [2.45, 2.75) is 6.54 Å². The molecular weight excluding hydrogens is 342 g/mol. The first-order valence-corrected chi connectivity index (χ1v) is 6.60. The second-order valence-electron chi connectivity index (χ2n) is 2.78. The van der Waals surface area contributed by atoms with Crippen molar-refractivity contribution in [2.24, 2.45) is 0 Å². The number of hydrogen-bond donors (Lipinski definition) is 1. The first kappa shape index (κ1) is 11.0. The lowest BCUT2D eigenvalue weighted by Gasteiger charge is -2.01. The minimum atomic E-state index is 0.641. The molecule has 0 saturated carbocycles. The molecule has 0 saturated heterocycles. The molecule has 0 amide bonds. The third-order valence-corrected chi connectivity index (χ3v) is 3.70. The molecule has 0 bridgehead atoms. The van der Waals surface area contributed by atoms with Gasteiger partial charge in [0, 0.05) is 17.3 Å². The zero-order valence-electron chi connectivity index (χ0n) is 7.58. The molecule has 2 aromatic heterocycles. The molecule has 6 heteroatoms. The Bertz CT molecular complexity index is 441. The molecular formula is C9H7Br2N3S. The highest BCUT2D eigenvalue weighted by Gasteiger charge is 1.99. The molecule has 3 nitrogen and oxygen atoms in total. The van der Waals surface area contributed by atoms with Crippen LogP contribution in [0.3, 0.4) is 0 Å². The molecule has 2 heterocycles. The van der Waals surface area contributed by atoms with E-state index in [9.17, 15) is 0 Å². The summed E-state index contributed by atoms with van der Waals surface area (Å²) in [5.41, 5.74) is 0. The summed E-state index contributed by atoms with van der Waals surface area (Å²) in [5, 5.41) is 3.15. The van der Waals surface area contributed by atoms with Crippen LogP contribution in [0.5, 0.6) is 0 Å². The predicted octanol–water partition coefficient (Wildman–Crippen LogP) is 3.68. The SMILES string of the molecule is Brc1cnc(NCc2ccc(Br)s2)nc1. The van der Waals surface area contributed by atoms with Gasteiger partial charge in [-0.3, -0.25) is 0 Å². The summed E-state index contributed by atoms with van der Waals surface area (Å²) >= 11 is 8.41. The number of aromatic nitrogens is 2. The van der Waals surface area contributed by atoms with Gasteiger partial charge in [0.1, 0.15) is 0 Å². The minimum absolute atomic E-state index is 0.641. The molecule has 78 valence electrons. The van der Waals surface area contributed by atoms with Gasteiger partial charge in [-0.1, -0.05) is 0 Å². The molecule has 0 aliphatic rings. The number of nitrogens with zero attached hydrogens (tertiary/aromatic N) is 2. The van der Waals surface area contributed by atoms with Crippen molar-refractivity contribution in [3.05, 3.63) is 37.7 Å². The maximum atomic E-state index is 4.12. The average Bonchev–Trinajstić information content (AvgIpc) is 2.64. The largest absolute Gasteiger partial charge is 0.349 e. The highest BCUT2D eigenvalue weighted by atomic mass is 79.9. The fourth-order valence-electron chi connectivity index (χ4n) is 1.02. The molecule has 2 aromatic rings. The Kier molecular flexibility index (Phi) is 3.71. The van der Waals surface area contributed by atoms with Crippen molar-refractivity contribution in [3.8, 4) is 0 Å². The van der Waals surface area contributed by atoms with Gasteiger partial charge in [-0.2, -0.15) is 0 Å². The number of hydrogen-bond acceptors (Lipinski definition) is 4. The van der Waals surface area contributed by atoms with Crippen molar-refractivity contribution in [3.63, 3.8) is 0 Å². The highest BCUT2D eigenvalue weighted by Crippen LogP contribution is 2.22. The monoisotopic (exact) mass is 347 g/mol. The molecule has 0 aromatic carbocycles. The van der Waals surface area contributed by atoms with Crippen LogP contribution in [-0.4, -0.2) is 9.97 Å². The van der Waals surface area contributed by atoms with Crippen LogP contribution in [0.1, 0.15) is 4.88 Å². The van der Waals surface area contributed by atoms with E-state index in [0.717, 1.165) is 14.8 Å². The molecule has 15 heavy (non-hydrogen) atoms. The number of nitrogens with one attached hydrogen (secondary N) is 1. The van der Waals surface area contributed by atoms with Crippen LogP contribution in [0.15, 0.2) is 32.8 Å². The summed E-state index contributed by atoms with van der Waals surface area (Å²) in [4.78, 5) is 9.49. The fraction of sp³-hybridized carbons (Fsp3) is 0.111. The van der Waals surface area contributed by atoms with Crippen LogP contribution in [-0.2, 0) is 6.54 Å². The Morgan fingerprint density at radius 2 is 1.93 bits per heavy atom. The van der Waals surface area contributed by atoms with Crippen molar-refractivity contribution < 1.29 is 0 Å². The molecule has 0 radical (unpaired) electrons. The molecule has 0 spiro atoms. The number of halogens is 2. The van der Waals surface area contributed by atoms with E-state index in [2.05, 4.69) is 53.2 Å². The average molecular weight is 349 g/mol. The Labute approximate surface area is 108 Å². The third-order valence-electron chi connectivity index (χ3n) is 1.67. The molecule has 0 fully saturated rings. The Balaban J connectivity index is 1.96. The van der Waals surface area contributed by atoms with Crippen molar-refractivity contribution >= 4 is 49.1 Å². The van der Waals surface area contributed by atoms with E-state index in [4.69, 9.17) is 0 Å². The van der Waals surface area contributed by atoms with E-state index in [-0.39, 0.29) is 0 Å². The quantitative estimate of drug-likeness (QED) is 0.919. The van der Waals surface area contributed by atoms with E-state index >= 15 is 0 Å². The van der Waals surface area contributed by atoms with E-state index in [1.54, 1.807) is 23.7 Å². The normalized spacial score (nSPS) is 10.3. The van der Waals surface area contributed by atoms with E-state index in [1.165, 1.54) is 4.88 Å². The van der Waals surface area contributed by atoms with Crippen LogP contribution >= 0.6 is 43.2 Å². The second kappa shape index (κ2) is 5.05. The molecule has 2 rings (SSSR count). The summed E-state index contributed by atoms with van der Waals surface area (Å²) in [5.74, 6) is 0.641. The van der Waals surface area contributed by atoms with Crippen LogP contribution in [0, 0.1) is 0 Å². The molecule has 1 N–H and O–H groups in total. The van der Waals surface area contributed by atoms with Crippen LogP contribution < -0.4 is 5.32 Å². The van der Waals surface area contributed by atoms with Gasteiger partial charge in [0.2, 0.25) is 5.95 Å². The van der Waals surface area contributed by atoms with E-state index in [1.807, 2.05) is 6.07 Å². The van der Waals surface area contributed by atoms with E-state index < -0.39 is 0 Å².